The van der Waals surface area contributed by atoms with Gasteiger partial charge in [-0.15, -0.1) is 0 Å². The van der Waals surface area contributed by atoms with Crippen LogP contribution in [0.15, 0.2) is 23.8 Å². The molecule has 15 heavy (non-hydrogen) atoms. The molecule has 0 spiro atoms. The number of carbonyl (C=O) groups is 1. The maximum Gasteiger partial charge on any atom is 0.228 e. The third-order valence-electron chi connectivity index (χ3n) is 2.06. The zero-order valence-corrected chi connectivity index (χ0v) is 8.16. The lowest BCUT2D eigenvalue weighted by Gasteiger charge is -2.22. The topological polar surface area (TPSA) is 46.5 Å². The number of aldehydes is 1. The smallest absolute Gasteiger partial charge is 0.228 e. The van der Waals surface area contributed by atoms with Crippen molar-refractivity contribution in [3.05, 3.63) is 35.2 Å². The number of carbonyl (C=O) groups excluding carboxylic acids is 1. The fraction of sp³-hybridized carbons (Fsp3) is 0.100. The van der Waals surface area contributed by atoms with Gasteiger partial charge in [-0.05, 0) is 18.2 Å². The van der Waals surface area contributed by atoms with E-state index in [1.165, 1.54) is 12.1 Å². The number of rotatable bonds is 1. The lowest BCUT2D eigenvalue weighted by atomic mass is 10.1. The average Bonchev–Trinajstić information content (AvgIpc) is 2.20. The predicted molar refractivity (Wildman–Crippen MR) is 51.9 cm³/mol. The van der Waals surface area contributed by atoms with E-state index in [0.717, 1.165) is 6.07 Å². The lowest BCUT2D eigenvalue weighted by molar-refractivity contribution is -0.107. The van der Waals surface area contributed by atoms with Crippen LogP contribution in [0.25, 0.3) is 5.03 Å². The van der Waals surface area contributed by atoms with Crippen molar-refractivity contribution in [3.63, 3.8) is 0 Å². The molecule has 1 N–H and O–H groups in total. The zero-order chi connectivity index (χ0) is 11.0. The Balaban J connectivity index is 2.63. The van der Waals surface area contributed by atoms with Gasteiger partial charge in [-0.1, -0.05) is 11.6 Å². The summed E-state index contributed by atoms with van der Waals surface area (Å²) < 4.78 is 17.9. The second-order valence-electron chi connectivity index (χ2n) is 3.00. The van der Waals surface area contributed by atoms with E-state index in [9.17, 15) is 14.3 Å². The van der Waals surface area contributed by atoms with Crippen molar-refractivity contribution in [2.45, 2.75) is 6.29 Å². The van der Waals surface area contributed by atoms with Crippen LogP contribution in [0.5, 0.6) is 5.75 Å². The molecule has 0 aliphatic carbocycles. The molecule has 1 heterocycles. The highest BCUT2D eigenvalue weighted by atomic mass is 35.5. The van der Waals surface area contributed by atoms with Crippen LogP contribution in [0.2, 0.25) is 0 Å². The van der Waals surface area contributed by atoms with Gasteiger partial charge in [0, 0.05) is 5.56 Å². The van der Waals surface area contributed by atoms with Crippen LogP contribution < -0.4 is 4.74 Å². The van der Waals surface area contributed by atoms with Gasteiger partial charge in [0.1, 0.15) is 11.6 Å². The van der Waals surface area contributed by atoms with E-state index >= 15 is 0 Å². The molecule has 2 rings (SSSR count). The van der Waals surface area contributed by atoms with Gasteiger partial charge in [-0.2, -0.15) is 0 Å². The molecular weight excluding hydrogens is 223 g/mol. The van der Waals surface area contributed by atoms with Crippen LogP contribution in [-0.4, -0.2) is 17.7 Å². The van der Waals surface area contributed by atoms with Crippen molar-refractivity contribution in [1.29, 1.82) is 0 Å². The molecule has 0 amide bonds. The number of hydrogen-bond acceptors (Lipinski definition) is 3. The first kappa shape index (κ1) is 10.1. The van der Waals surface area contributed by atoms with Gasteiger partial charge < -0.3 is 9.84 Å². The van der Waals surface area contributed by atoms with Gasteiger partial charge >= 0.3 is 0 Å². The van der Waals surface area contributed by atoms with E-state index < -0.39 is 12.1 Å². The third-order valence-corrected chi connectivity index (χ3v) is 2.48. The number of benzene rings is 1. The molecule has 3 nitrogen and oxygen atoms in total. The van der Waals surface area contributed by atoms with Crippen LogP contribution in [0, 0.1) is 5.82 Å². The van der Waals surface area contributed by atoms with Crippen LogP contribution in [0.4, 0.5) is 4.39 Å². The number of hydrogen-bond donors (Lipinski definition) is 1. The Hall–Kier alpha value is -1.39. The van der Waals surface area contributed by atoms with Crippen molar-refractivity contribution in [2.24, 2.45) is 0 Å². The number of fused-ring (bicyclic) bond motifs is 1. The van der Waals surface area contributed by atoms with Crippen molar-refractivity contribution in [1.82, 2.24) is 0 Å². The molecule has 0 aromatic heterocycles. The number of aliphatic hydroxyl groups excluding tert-OH is 1. The summed E-state index contributed by atoms with van der Waals surface area (Å²) in [7, 11) is 0. The summed E-state index contributed by atoms with van der Waals surface area (Å²) in [5.41, 5.74) is 0.166. The second-order valence-corrected chi connectivity index (χ2v) is 3.38. The molecule has 1 aliphatic rings. The monoisotopic (exact) mass is 228 g/mol. The minimum Gasteiger partial charge on any atom is -0.460 e. The van der Waals surface area contributed by atoms with E-state index in [1.807, 2.05) is 0 Å². The highest BCUT2D eigenvalue weighted by Gasteiger charge is 2.26. The molecule has 1 aromatic carbocycles. The Morgan fingerprint density at radius 2 is 2.27 bits per heavy atom. The molecule has 0 radical (unpaired) electrons. The molecule has 0 bridgehead atoms. The van der Waals surface area contributed by atoms with E-state index in [1.54, 1.807) is 0 Å². The Bertz CT molecular complexity index is 456. The summed E-state index contributed by atoms with van der Waals surface area (Å²) >= 11 is 5.82. The normalized spacial score (nSPS) is 19.5. The largest absolute Gasteiger partial charge is 0.460 e. The summed E-state index contributed by atoms with van der Waals surface area (Å²) in [6.07, 6.45) is -1.01. The molecule has 78 valence electrons. The van der Waals surface area contributed by atoms with Crippen LogP contribution in [-0.2, 0) is 4.79 Å². The van der Waals surface area contributed by atoms with E-state index in [4.69, 9.17) is 16.3 Å². The predicted octanol–water partition coefficient (Wildman–Crippen LogP) is 1.69. The van der Waals surface area contributed by atoms with Crippen molar-refractivity contribution in [2.75, 3.05) is 0 Å². The Kier molecular flexibility index (Phi) is 2.46. The first-order valence-electron chi connectivity index (χ1n) is 4.13. The van der Waals surface area contributed by atoms with Gasteiger partial charge in [0.05, 0.1) is 10.6 Å². The van der Waals surface area contributed by atoms with Crippen LogP contribution >= 0.6 is 11.6 Å². The number of ether oxygens (including phenoxy) is 1. The highest BCUT2D eigenvalue weighted by Crippen LogP contribution is 2.37. The Morgan fingerprint density at radius 3 is 2.93 bits per heavy atom. The van der Waals surface area contributed by atoms with Crippen LogP contribution in [0.1, 0.15) is 5.56 Å². The Morgan fingerprint density at radius 1 is 1.53 bits per heavy atom. The minimum absolute atomic E-state index is 0.0123. The minimum atomic E-state index is -1.40. The number of aliphatic hydroxyl groups is 1. The van der Waals surface area contributed by atoms with Gasteiger partial charge in [-0.3, -0.25) is 4.79 Å². The maximum absolute atomic E-state index is 12.9. The van der Waals surface area contributed by atoms with Crippen molar-refractivity contribution >= 4 is 22.9 Å². The van der Waals surface area contributed by atoms with Gasteiger partial charge in [0.25, 0.3) is 0 Å². The summed E-state index contributed by atoms with van der Waals surface area (Å²) in [6.45, 7) is 0. The molecule has 0 saturated carbocycles. The molecule has 5 heteroatoms. The first-order chi connectivity index (χ1) is 7.13. The van der Waals surface area contributed by atoms with Crippen molar-refractivity contribution < 1.29 is 19.0 Å². The summed E-state index contributed by atoms with van der Waals surface area (Å²) in [5, 5.41) is 9.38. The Labute approximate surface area is 89.7 Å². The number of halogens is 2. The maximum atomic E-state index is 12.9. The molecule has 1 aromatic rings. The van der Waals surface area contributed by atoms with E-state index in [0.29, 0.717) is 6.29 Å². The SMILES string of the molecule is O=CC1=C(Cl)c2cc(F)ccc2OC1O. The standard InChI is InChI=1S/C10H6ClFO3/c11-9-6-3-5(12)1-2-8(6)15-10(14)7(9)4-13/h1-4,10,14H. The molecule has 1 aliphatic heterocycles. The molecule has 1 unspecified atom stereocenters. The molecular formula is C10H6ClFO3. The third kappa shape index (κ3) is 1.62. The summed E-state index contributed by atoms with van der Waals surface area (Å²) in [4.78, 5) is 10.6. The van der Waals surface area contributed by atoms with E-state index in [2.05, 4.69) is 0 Å². The van der Waals surface area contributed by atoms with Crippen molar-refractivity contribution in [3.8, 4) is 5.75 Å². The molecule has 0 fully saturated rings. The quantitative estimate of drug-likeness (QED) is 0.744. The lowest BCUT2D eigenvalue weighted by Crippen LogP contribution is -2.24. The van der Waals surface area contributed by atoms with E-state index in [-0.39, 0.29) is 21.9 Å². The fourth-order valence-electron chi connectivity index (χ4n) is 1.33. The fourth-order valence-corrected chi connectivity index (χ4v) is 1.62. The molecule has 1 atom stereocenters. The van der Waals surface area contributed by atoms with Gasteiger partial charge in [0.15, 0.2) is 6.29 Å². The molecule has 0 saturated heterocycles. The highest BCUT2D eigenvalue weighted by molar-refractivity contribution is 6.51. The second kappa shape index (κ2) is 3.64. The first-order valence-corrected chi connectivity index (χ1v) is 4.51. The average molecular weight is 229 g/mol. The van der Waals surface area contributed by atoms with Gasteiger partial charge in [0.2, 0.25) is 6.29 Å². The van der Waals surface area contributed by atoms with Gasteiger partial charge in [-0.25, -0.2) is 4.39 Å². The summed E-state index contributed by atoms with van der Waals surface area (Å²) in [6, 6.07) is 3.67. The zero-order valence-electron chi connectivity index (χ0n) is 7.41. The summed E-state index contributed by atoms with van der Waals surface area (Å²) in [5.74, 6) is -0.239. The van der Waals surface area contributed by atoms with Crippen LogP contribution in [0.3, 0.4) is 0 Å².